The number of rotatable bonds is 4. The Hall–Kier alpha value is -0.740. The summed E-state index contributed by atoms with van der Waals surface area (Å²) < 4.78 is 39.0. The Labute approximate surface area is 176 Å². The van der Waals surface area contributed by atoms with E-state index in [-0.39, 0.29) is 48.8 Å². The molecule has 0 aliphatic heterocycles. The van der Waals surface area contributed by atoms with E-state index in [0.717, 1.165) is 25.7 Å². The van der Waals surface area contributed by atoms with E-state index >= 15 is 0 Å². The van der Waals surface area contributed by atoms with Crippen molar-refractivity contribution in [1.29, 1.82) is 0 Å². The average molecular weight is 504 g/mol. The highest BCUT2D eigenvalue weighted by atomic mass is 127. The molecule has 9 heteroatoms. The van der Waals surface area contributed by atoms with E-state index in [2.05, 4.69) is 15.6 Å². The number of guanidine groups is 1. The SMILES string of the molecule is CN=C(NCC1(C(=O)N(C)C)CCCC1)NC1CCCC(C(F)(F)F)C1.I. The molecule has 27 heavy (non-hydrogen) atoms. The molecule has 0 aromatic heterocycles. The highest BCUT2D eigenvalue weighted by molar-refractivity contribution is 14.0. The third-order valence-electron chi connectivity index (χ3n) is 5.72. The van der Waals surface area contributed by atoms with Gasteiger partial charge in [-0.25, -0.2) is 0 Å². The molecular weight excluding hydrogens is 472 g/mol. The zero-order valence-electron chi connectivity index (χ0n) is 16.4. The molecule has 2 aliphatic rings. The van der Waals surface area contributed by atoms with E-state index < -0.39 is 17.5 Å². The van der Waals surface area contributed by atoms with Gasteiger partial charge < -0.3 is 15.5 Å². The third-order valence-corrected chi connectivity index (χ3v) is 5.72. The molecule has 1 amide bonds. The number of nitrogens with zero attached hydrogens (tertiary/aromatic N) is 2. The van der Waals surface area contributed by atoms with Gasteiger partial charge in [0.2, 0.25) is 5.91 Å². The molecule has 2 unspecified atom stereocenters. The number of carbonyl (C=O) groups excluding carboxylic acids is 1. The number of alkyl halides is 3. The molecule has 0 heterocycles. The lowest BCUT2D eigenvalue weighted by Gasteiger charge is -2.34. The topological polar surface area (TPSA) is 56.7 Å². The summed E-state index contributed by atoms with van der Waals surface area (Å²) in [6, 6.07) is -0.245. The lowest BCUT2D eigenvalue weighted by Crippen LogP contribution is -2.51. The minimum Gasteiger partial charge on any atom is -0.355 e. The highest BCUT2D eigenvalue weighted by Crippen LogP contribution is 2.39. The average Bonchev–Trinajstić information content (AvgIpc) is 3.07. The minimum atomic E-state index is -4.14. The zero-order chi connectivity index (χ0) is 19.4. The quantitative estimate of drug-likeness (QED) is 0.350. The van der Waals surface area contributed by atoms with Gasteiger partial charge >= 0.3 is 6.18 Å². The molecule has 158 valence electrons. The van der Waals surface area contributed by atoms with Crippen LogP contribution < -0.4 is 10.6 Å². The number of carbonyl (C=O) groups is 1. The number of aliphatic imine (C=N–C) groups is 1. The van der Waals surface area contributed by atoms with Gasteiger partial charge in [0.25, 0.3) is 0 Å². The van der Waals surface area contributed by atoms with Crippen molar-refractivity contribution in [3.63, 3.8) is 0 Å². The summed E-state index contributed by atoms with van der Waals surface area (Å²) in [5.74, 6) is -0.660. The van der Waals surface area contributed by atoms with Crippen molar-refractivity contribution >= 4 is 35.8 Å². The largest absolute Gasteiger partial charge is 0.391 e. The van der Waals surface area contributed by atoms with Crippen molar-refractivity contribution in [2.24, 2.45) is 16.3 Å². The Morgan fingerprint density at radius 1 is 1.19 bits per heavy atom. The van der Waals surface area contributed by atoms with Crippen LogP contribution in [0.25, 0.3) is 0 Å². The van der Waals surface area contributed by atoms with Gasteiger partial charge in [0.05, 0.1) is 11.3 Å². The molecular formula is C18H32F3IN4O. The molecule has 2 N–H and O–H groups in total. The van der Waals surface area contributed by atoms with E-state index in [9.17, 15) is 18.0 Å². The molecule has 0 aromatic rings. The van der Waals surface area contributed by atoms with Crippen LogP contribution in [0.4, 0.5) is 13.2 Å². The Morgan fingerprint density at radius 3 is 2.33 bits per heavy atom. The normalized spacial score (nSPS) is 25.5. The second kappa shape index (κ2) is 10.2. The Balaban J connectivity index is 0.00000364. The maximum absolute atomic E-state index is 13.0. The van der Waals surface area contributed by atoms with Crippen LogP contribution >= 0.6 is 24.0 Å². The number of halogens is 4. The van der Waals surface area contributed by atoms with Gasteiger partial charge in [-0.1, -0.05) is 19.3 Å². The van der Waals surface area contributed by atoms with Crippen molar-refractivity contribution in [3.05, 3.63) is 0 Å². The molecule has 5 nitrogen and oxygen atoms in total. The van der Waals surface area contributed by atoms with Gasteiger partial charge in [0, 0.05) is 33.7 Å². The van der Waals surface area contributed by atoms with Crippen LogP contribution in [0.2, 0.25) is 0 Å². The van der Waals surface area contributed by atoms with Crippen LogP contribution in [-0.2, 0) is 4.79 Å². The fourth-order valence-corrected chi connectivity index (χ4v) is 4.25. The predicted octanol–water partition coefficient (Wildman–Crippen LogP) is 3.54. The third kappa shape index (κ3) is 6.39. The van der Waals surface area contributed by atoms with Crippen molar-refractivity contribution in [2.75, 3.05) is 27.7 Å². The van der Waals surface area contributed by atoms with Crippen LogP contribution in [0, 0.1) is 11.3 Å². The molecule has 2 fully saturated rings. The first-order chi connectivity index (χ1) is 12.2. The van der Waals surface area contributed by atoms with Gasteiger partial charge in [-0.3, -0.25) is 9.79 Å². The Morgan fingerprint density at radius 2 is 1.81 bits per heavy atom. The lowest BCUT2D eigenvalue weighted by atomic mass is 9.84. The predicted molar refractivity (Wildman–Crippen MR) is 111 cm³/mol. The first-order valence-electron chi connectivity index (χ1n) is 9.43. The Kier molecular flexibility index (Phi) is 9.14. The number of hydrogen-bond donors (Lipinski definition) is 2. The summed E-state index contributed by atoms with van der Waals surface area (Å²) in [7, 11) is 5.12. The molecule has 2 rings (SSSR count). The fourth-order valence-electron chi connectivity index (χ4n) is 4.25. The molecule has 2 saturated carbocycles. The summed E-state index contributed by atoms with van der Waals surface area (Å²) >= 11 is 0. The summed E-state index contributed by atoms with van der Waals surface area (Å²) in [5.41, 5.74) is -0.442. The number of nitrogens with one attached hydrogen (secondary N) is 2. The summed E-state index contributed by atoms with van der Waals surface area (Å²) in [4.78, 5) is 18.4. The van der Waals surface area contributed by atoms with Crippen LogP contribution in [0.5, 0.6) is 0 Å². The first-order valence-corrected chi connectivity index (χ1v) is 9.43. The first kappa shape index (κ1) is 24.3. The van der Waals surface area contributed by atoms with Crippen molar-refractivity contribution in [1.82, 2.24) is 15.5 Å². The summed E-state index contributed by atoms with van der Waals surface area (Å²) in [6.07, 6.45) is 1.09. The van der Waals surface area contributed by atoms with Crippen LogP contribution in [0.3, 0.4) is 0 Å². The van der Waals surface area contributed by atoms with E-state index in [1.54, 1.807) is 26.0 Å². The fraction of sp³-hybridized carbons (Fsp3) is 0.889. The van der Waals surface area contributed by atoms with E-state index in [0.29, 0.717) is 25.3 Å². The van der Waals surface area contributed by atoms with Crippen molar-refractivity contribution in [2.45, 2.75) is 63.6 Å². The van der Waals surface area contributed by atoms with Crippen LogP contribution in [-0.4, -0.2) is 56.7 Å². The second-order valence-corrected chi connectivity index (χ2v) is 7.86. The van der Waals surface area contributed by atoms with Gasteiger partial charge in [-0.05, 0) is 32.1 Å². The maximum Gasteiger partial charge on any atom is 0.391 e. The minimum absolute atomic E-state index is 0. The lowest BCUT2D eigenvalue weighted by molar-refractivity contribution is -0.183. The molecule has 2 aliphatic carbocycles. The van der Waals surface area contributed by atoms with Crippen molar-refractivity contribution in [3.8, 4) is 0 Å². The molecule has 0 saturated heterocycles. The van der Waals surface area contributed by atoms with Crippen molar-refractivity contribution < 1.29 is 18.0 Å². The number of hydrogen-bond acceptors (Lipinski definition) is 2. The Bertz CT molecular complexity index is 519. The monoisotopic (exact) mass is 504 g/mol. The van der Waals surface area contributed by atoms with Gasteiger partial charge in [-0.15, -0.1) is 24.0 Å². The van der Waals surface area contributed by atoms with Crippen LogP contribution in [0.1, 0.15) is 51.4 Å². The second-order valence-electron chi connectivity index (χ2n) is 7.86. The van der Waals surface area contributed by atoms with Gasteiger partial charge in [0.15, 0.2) is 5.96 Å². The summed E-state index contributed by atoms with van der Waals surface area (Å²) in [5, 5.41) is 6.33. The van der Waals surface area contributed by atoms with E-state index in [1.807, 2.05) is 0 Å². The molecule has 0 radical (unpaired) electrons. The van der Waals surface area contributed by atoms with E-state index in [1.165, 1.54) is 0 Å². The maximum atomic E-state index is 13.0. The molecule has 0 aromatic carbocycles. The van der Waals surface area contributed by atoms with Gasteiger partial charge in [-0.2, -0.15) is 13.2 Å². The van der Waals surface area contributed by atoms with Gasteiger partial charge in [0.1, 0.15) is 0 Å². The highest BCUT2D eigenvalue weighted by Gasteiger charge is 2.43. The summed E-state index contributed by atoms with van der Waals surface area (Å²) in [6.45, 7) is 0.457. The molecule has 2 atom stereocenters. The molecule has 0 spiro atoms. The zero-order valence-corrected chi connectivity index (χ0v) is 18.7. The molecule has 0 bridgehead atoms. The standard InChI is InChI=1S/C18H31F3N4O.HI/c1-22-16(24-14-8-6-7-13(11-14)18(19,20)21)23-12-17(9-4-5-10-17)15(26)25(2)3;/h13-14H,4-12H2,1-3H3,(H2,22,23,24);1H. The smallest absolute Gasteiger partial charge is 0.355 e. The number of amides is 1. The van der Waals surface area contributed by atoms with Crippen LogP contribution in [0.15, 0.2) is 4.99 Å². The van der Waals surface area contributed by atoms with E-state index in [4.69, 9.17) is 0 Å².